The maximum Gasteiger partial charge on any atom is 0.252 e. The van der Waals surface area contributed by atoms with E-state index in [1.165, 1.54) is 33.7 Å². The molecule has 49 heavy (non-hydrogen) atoms. The lowest BCUT2D eigenvalue weighted by Gasteiger charge is -2.27. The van der Waals surface area contributed by atoms with Gasteiger partial charge < -0.3 is 23.8 Å². The van der Waals surface area contributed by atoms with Gasteiger partial charge in [-0.25, -0.2) is 0 Å². The van der Waals surface area contributed by atoms with E-state index in [0.717, 1.165) is 84.6 Å². The molecule has 3 aliphatic rings. The number of methoxy groups -OCH3 is 2. The van der Waals surface area contributed by atoms with Crippen molar-refractivity contribution in [3.8, 4) is 23.0 Å². The van der Waals surface area contributed by atoms with Crippen LogP contribution in [-0.4, -0.2) is 50.8 Å². The first-order valence-electron chi connectivity index (χ1n) is 18.1. The van der Waals surface area contributed by atoms with E-state index in [9.17, 15) is 0 Å². The molecule has 6 nitrogen and oxygen atoms in total. The van der Waals surface area contributed by atoms with Crippen LogP contribution < -0.4 is 23.8 Å². The number of hydrogen-bond acceptors (Lipinski definition) is 5. The second-order valence-electron chi connectivity index (χ2n) is 14.1. The Bertz CT molecular complexity index is 1730. The topological polar surface area (TPSA) is 43.2 Å². The van der Waals surface area contributed by atoms with Crippen molar-refractivity contribution in [2.75, 3.05) is 45.4 Å². The number of nitrogens with zero attached hydrogens (tertiary/aromatic N) is 2. The summed E-state index contributed by atoms with van der Waals surface area (Å²) < 4.78 is 26.2. The lowest BCUT2D eigenvalue weighted by molar-refractivity contribution is -0.438. The smallest absolute Gasteiger partial charge is 0.252 e. The van der Waals surface area contributed by atoms with Crippen molar-refractivity contribution in [3.05, 3.63) is 81.6 Å². The molecule has 0 fully saturated rings. The van der Waals surface area contributed by atoms with Gasteiger partial charge in [0.05, 0.1) is 38.5 Å². The summed E-state index contributed by atoms with van der Waals surface area (Å²) in [5, 5.41) is 0.859. The number of allylic oxidation sites excluding steroid dienone is 8. The molecule has 5 rings (SSSR count). The minimum atomic E-state index is -0.235. The second-order valence-corrected chi connectivity index (χ2v) is 14.5. The van der Waals surface area contributed by atoms with E-state index in [-0.39, 0.29) is 10.8 Å². The van der Waals surface area contributed by atoms with Crippen molar-refractivity contribution in [1.29, 1.82) is 0 Å². The summed E-state index contributed by atoms with van der Waals surface area (Å²) in [6, 6.07) is 8.40. The van der Waals surface area contributed by atoms with E-state index < -0.39 is 0 Å². The van der Waals surface area contributed by atoms with Crippen molar-refractivity contribution in [2.24, 2.45) is 0 Å². The van der Waals surface area contributed by atoms with Crippen LogP contribution in [0.4, 0.5) is 11.4 Å². The Morgan fingerprint density at radius 3 is 2.06 bits per heavy atom. The molecular formula is C42H56ClN2O4+. The summed E-state index contributed by atoms with van der Waals surface area (Å²) >= 11 is 7.26. The van der Waals surface area contributed by atoms with Crippen LogP contribution in [0.15, 0.2) is 70.4 Å². The Morgan fingerprint density at radius 2 is 1.45 bits per heavy atom. The van der Waals surface area contributed by atoms with Crippen molar-refractivity contribution in [3.63, 3.8) is 0 Å². The summed E-state index contributed by atoms with van der Waals surface area (Å²) in [7, 11) is 3.49. The molecule has 0 unspecified atom stereocenters. The molecule has 0 bridgehead atoms. The number of fused-ring (bicyclic) bond motifs is 2. The third-order valence-corrected chi connectivity index (χ3v) is 10.6. The van der Waals surface area contributed by atoms with E-state index in [2.05, 4.69) is 87.5 Å². The van der Waals surface area contributed by atoms with Gasteiger partial charge in [-0.2, -0.15) is 4.58 Å². The molecule has 1 aliphatic carbocycles. The SMILES string of the molecule is CCCN1/C(=C\C=C2/CCCC(/C=C/C3=[N+](CCC)c4c(OC)cc(OCC)cc4C3(C)C)=C2Cl)C(C)(C)c2cc(OCC)cc(OC)c21. The number of anilines is 1. The van der Waals surface area contributed by atoms with Gasteiger partial charge in [-0.1, -0.05) is 51.4 Å². The molecule has 0 amide bonds. The zero-order chi connectivity index (χ0) is 35.5. The average Bonchev–Trinajstić information content (AvgIpc) is 3.41. The molecule has 0 spiro atoms. The molecule has 2 heterocycles. The van der Waals surface area contributed by atoms with E-state index in [1.54, 1.807) is 14.2 Å². The monoisotopic (exact) mass is 687 g/mol. The van der Waals surface area contributed by atoms with Crippen LogP contribution in [0.25, 0.3) is 0 Å². The highest BCUT2D eigenvalue weighted by Gasteiger charge is 2.47. The van der Waals surface area contributed by atoms with Gasteiger partial charge in [0.2, 0.25) is 0 Å². The Balaban J connectivity index is 1.53. The quantitative estimate of drug-likeness (QED) is 0.196. The zero-order valence-corrected chi connectivity index (χ0v) is 32.1. The number of hydrogen-bond donors (Lipinski definition) is 0. The molecule has 0 saturated carbocycles. The summed E-state index contributed by atoms with van der Waals surface area (Å²) in [5.74, 6) is 3.38. The standard InChI is InChI=1S/C42H56ClN2O4/c1-11-22-44-36(41(5,6)32-24-30(48-13-3)26-34(46-9)39(32)44)20-18-28-16-15-17-29(38(28)43)19-21-37-42(7,8)33-25-31(49-14-4)27-35(47-10)40(33)45(37)23-12-2/h18-21,24-27H,11-17,22-23H2,1-10H3/q+1. The Morgan fingerprint density at radius 1 is 0.796 bits per heavy atom. The molecule has 2 aliphatic heterocycles. The van der Waals surface area contributed by atoms with Gasteiger partial charge in [0.25, 0.3) is 5.69 Å². The van der Waals surface area contributed by atoms with E-state index in [0.29, 0.717) is 13.2 Å². The van der Waals surface area contributed by atoms with Crippen molar-refractivity contribution < 1.29 is 23.5 Å². The van der Waals surface area contributed by atoms with Crippen LogP contribution in [-0.2, 0) is 10.8 Å². The Kier molecular flexibility index (Phi) is 11.3. The van der Waals surface area contributed by atoms with Gasteiger partial charge in [-0.05, 0) is 88.3 Å². The van der Waals surface area contributed by atoms with Gasteiger partial charge in [0, 0.05) is 52.9 Å². The first kappa shape index (κ1) is 36.6. The summed E-state index contributed by atoms with van der Waals surface area (Å²) in [4.78, 5) is 2.42. The summed E-state index contributed by atoms with van der Waals surface area (Å²) in [5.41, 5.74) is 9.09. The first-order chi connectivity index (χ1) is 23.5. The zero-order valence-electron chi connectivity index (χ0n) is 31.4. The summed E-state index contributed by atoms with van der Waals surface area (Å²) in [6.45, 7) is 20.7. The van der Waals surface area contributed by atoms with Crippen LogP contribution >= 0.6 is 11.6 Å². The normalized spacial score (nSPS) is 19.7. The lowest BCUT2D eigenvalue weighted by atomic mass is 9.80. The molecule has 0 saturated heterocycles. The van der Waals surface area contributed by atoms with Crippen molar-refractivity contribution in [1.82, 2.24) is 0 Å². The Labute approximate surface area is 299 Å². The van der Waals surface area contributed by atoms with E-state index in [4.69, 9.17) is 30.5 Å². The van der Waals surface area contributed by atoms with Crippen LogP contribution in [0.1, 0.15) is 98.6 Å². The fourth-order valence-electron chi connectivity index (χ4n) is 7.75. The van der Waals surface area contributed by atoms with Crippen LogP contribution in [0.5, 0.6) is 23.0 Å². The predicted octanol–water partition coefficient (Wildman–Crippen LogP) is 10.5. The maximum atomic E-state index is 7.26. The molecule has 0 N–H and O–H groups in total. The molecule has 2 aromatic carbocycles. The minimum absolute atomic E-state index is 0.235. The highest BCUT2D eigenvalue weighted by Crippen LogP contribution is 2.54. The predicted molar refractivity (Wildman–Crippen MR) is 204 cm³/mol. The molecular weight excluding hydrogens is 632 g/mol. The maximum absolute atomic E-state index is 7.26. The van der Waals surface area contributed by atoms with E-state index in [1.807, 2.05) is 26.0 Å². The van der Waals surface area contributed by atoms with Crippen molar-refractivity contribution in [2.45, 2.75) is 98.3 Å². The number of halogens is 1. The molecule has 2 aromatic rings. The second kappa shape index (κ2) is 15.1. The molecule has 0 atom stereocenters. The number of benzene rings is 2. The fourth-order valence-corrected chi connectivity index (χ4v) is 8.07. The highest BCUT2D eigenvalue weighted by atomic mass is 35.5. The molecule has 0 radical (unpaired) electrons. The average molecular weight is 688 g/mol. The van der Waals surface area contributed by atoms with Crippen LogP contribution in [0.3, 0.4) is 0 Å². The van der Waals surface area contributed by atoms with Gasteiger partial charge in [-0.3, -0.25) is 0 Å². The minimum Gasteiger partial charge on any atom is -0.494 e. The van der Waals surface area contributed by atoms with Gasteiger partial charge >= 0.3 is 0 Å². The number of rotatable bonds is 13. The van der Waals surface area contributed by atoms with E-state index >= 15 is 0 Å². The van der Waals surface area contributed by atoms with Gasteiger partial charge in [0.1, 0.15) is 23.8 Å². The third-order valence-electron chi connectivity index (χ3n) is 10.1. The van der Waals surface area contributed by atoms with Gasteiger partial charge in [-0.15, -0.1) is 0 Å². The lowest BCUT2D eigenvalue weighted by Crippen LogP contribution is -2.28. The summed E-state index contributed by atoms with van der Waals surface area (Å²) in [6.07, 6.45) is 14.1. The number of ether oxygens (including phenoxy) is 4. The highest BCUT2D eigenvalue weighted by molar-refractivity contribution is 6.32. The molecule has 7 heteroatoms. The molecule has 0 aromatic heterocycles. The van der Waals surface area contributed by atoms with Crippen molar-refractivity contribution >= 4 is 28.7 Å². The van der Waals surface area contributed by atoms with Crippen LogP contribution in [0, 0.1) is 0 Å². The largest absolute Gasteiger partial charge is 0.494 e. The van der Waals surface area contributed by atoms with Gasteiger partial charge in [0.15, 0.2) is 11.5 Å². The molecule has 264 valence electrons. The first-order valence-corrected chi connectivity index (χ1v) is 18.5. The Hall–Kier alpha value is -3.64. The third kappa shape index (κ3) is 6.78. The van der Waals surface area contributed by atoms with Crippen LogP contribution in [0.2, 0.25) is 0 Å². The fraction of sp³-hybridized carbons (Fsp3) is 0.500.